The summed E-state index contributed by atoms with van der Waals surface area (Å²) < 4.78 is 20.8. The zero-order valence-electron chi connectivity index (χ0n) is 11.6. The molecule has 0 atom stereocenters. The predicted molar refractivity (Wildman–Crippen MR) is 83.2 cm³/mol. The Morgan fingerprint density at radius 1 is 1.21 bits per heavy atom. The second-order valence-electron chi connectivity index (χ2n) is 3.19. The molecule has 0 saturated carbocycles. The summed E-state index contributed by atoms with van der Waals surface area (Å²) in [5, 5.41) is 3.04. The zero-order chi connectivity index (χ0) is 14.7. The molecule has 0 radical (unpaired) electrons. The van der Waals surface area contributed by atoms with Crippen LogP contribution in [0.15, 0.2) is 0 Å². The van der Waals surface area contributed by atoms with Gasteiger partial charge in [-0.2, -0.15) is 0 Å². The molecule has 114 valence electrons. The van der Waals surface area contributed by atoms with Crippen LogP contribution in [0.25, 0.3) is 0 Å². The summed E-state index contributed by atoms with van der Waals surface area (Å²) in [6.45, 7) is 0.665. The zero-order valence-corrected chi connectivity index (χ0v) is 14.0. The second kappa shape index (κ2) is 10.7. The topological polar surface area (TPSA) is 66.0 Å². The standard InChI is InChI=1S/C10H21NO5S3/c1-13-9(12)8-18-10(17)11-6-5-7-19(14-2,15-3)16-4/h5-8H2,1-4H3,(H,11,17). The van der Waals surface area contributed by atoms with E-state index in [2.05, 4.69) is 10.1 Å². The van der Waals surface area contributed by atoms with Crippen LogP contribution in [0.2, 0.25) is 0 Å². The Bertz CT molecular complexity index is 278. The summed E-state index contributed by atoms with van der Waals surface area (Å²) in [7, 11) is 4.13. The molecule has 0 unspecified atom stereocenters. The van der Waals surface area contributed by atoms with Crippen molar-refractivity contribution in [2.45, 2.75) is 6.42 Å². The van der Waals surface area contributed by atoms with Gasteiger partial charge in [-0.05, 0) is 6.42 Å². The molecule has 1 N–H and O–H groups in total. The summed E-state index contributed by atoms with van der Waals surface area (Å²) in [5.74, 6) is 0.565. The minimum atomic E-state index is -1.90. The molecule has 0 heterocycles. The van der Waals surface area contributed by atoms with Gasteiger partial charge in [0, 0.05) is 12.3 Å². The molecule has 0 bridgehead atoms. The summed E-state index contributed by atoms with van der Waals surface area (Å²) in [4.78, 5) is 10.9. The number of carbonyl (C=O) groups excluding carboxylic acids is 1. The highest BCUT2D eigenvalue weighted by atomic mass is 32.3. The van der Waals surface area contributed by atoms with Gasteiger partial charge in [0.25, 0.3) is 0 Å². The molecule has 0 spiro atoms. The first kappa shape index (κ1) is 18.9. The molecule has 0 fully saturated rings. The lowest BCUT2D eigenvalue weighted by Gasteiger charge is -2.33. The SMILES string of the molecule is COC(=O)CSC(=S)NCCCS(OC)(OC)OC. The van der Waals surface area contributed by atoms with E-state index in [1.54, 1.807) is 21.3 Å². The van der Waals surface area contributed by atoms with Crippen molar-refractivity contribution >= 4 is 45.1 Å². The molecule has 0 aromatic heterocycles. The maximum absolute atomic E-state index is 10.9. The minimum absolute atomic E-state index is 0.214. The molecule has 0 aromatic carbocycles. The Kier molecular flexibility index (Phi) is 10.7. The molecule has 19 heavy (non-hydrogen) atoms. The summed E-state index contributed by atoms with van der Waals surface area (Å²) in [6, 6.07) is 0. The van der Waals surface area contributed by atoms with E-state index in [-0.39, 0.29) is 11.7 Å². The highest BCUT2D eigenvalue weighted by molar-refractivity contribution is 8.23. The second-order valence-corrected chi connectivity index (χ2v) is 7.37. The van der Waals surface area contributed by atoms with Gasteiger partial charge in [-0.15, -0.1) is 0 Å². The monoisotopic (exact) mass is 331 g/mol. The third-order valence-electron chi connectivity index (χ3n) is 2.15. The molecule has 0 aliphatic heterocycles. The van der Waals surface area contributed by atoms with Gasteiger partial charge in [-0.3, -0.25) is 17.3 Å². The van der Waals surface area contributed by atoms with Crippen molar-refractivity contribution < 1.29 is 22.1 Å². The van der Waals surface area contributed by atoms with Crippen LogP contribution in [-0.4, -0.2) is 56.8 Å². The maximum atomic E-state index is 10.9. The molecular formula is C10H21NO5S3. The van der Waals surface area contributed by atoms with Gasteiger partial charge in [0.1, 0.15) is 4.32 Å². The van der Waals surface area contributed by atoms with Crippen LogP contribution >= 0.6 is 34.9 Å². The van der Waals surface area contributed by atoms with Crippen molar-refractivity contribution in [2.24, 2.45) is 0 Å². The van der Waals surface area contributed by atoms with Gasteiger partial charge < -0.3 is 10.1 Å². The summed E-state index contributed by atoms with van der Waals surface area (Å²) in [6.07, 6.45) is 0.782. The first-order chi connectivity index (χ1) is 9.03. The van der Waals surface area contributed by atoms with Crippen molar-refractivity contribution in [1.29, 1.82) is 0 Å². The van der Waals surface area contributed by atoms with E-state index in [4.69, 9.17) is 24.8 Å². The van der Waals surface area contributed by atoms with Crippen LogP contribution < -0.4 is 5.32 Å². The first-order valence-corrected chi connectivity index (χ1v) is 8.46. The molecule has 9 heteroatoms. The fraction of sp³-hybridized carbons (Fsp3) is 0.800. The number of methoxy groups -OCH3 is 1. The van der Waals surface area contributed by atoms with Crippen LogP contribution in [0.3, 0.4) is 0 Å². The van der Waals surface area contributed by atoms with Crippen molar-refractivity contribution in [3.63, 3.8) is 0 Å². The largest absolute Gasteiger partial charge is 0.468 e. The smallest absolute Gasteiger partial charge is 0.316 e. The van der Waals surface area contributed by atoms with E-state index < -0.39 is 10.9 Å². The number of nitrogens with one attached hydrogen (secondary N) is 1. The lowest BCUT2D eigenvalue weighted by molar-refractivity contribution is -0.137. The van der Waals surface area contributed by atoms with Crippen molar-refractivity contribution in [2.75, 3.05) is 46.5 Å². The Labute approximate surface area is 125 Å². The van der Waals surface area contributed by atoms with Crippen LogP contribution in [0.4, 0.5) is 0 Å². The fourth-order valence-corrected chi connectivity index (χ4v) is 3.38. The molecule has 0 amide bonds. The van der Waals surface area contributed by atoms with Crippen molar-refractivity contribution in [3.8, 4) is 0 Å². The Hall–Kier alpha value is -0.0600. The van der Waals surface area contributed by atoms with E-state index in [9.17, 15) is 4.79 Å². The third kappa shape index (κ3) is 7.95. The highest BCUT2D eigenvalue weighted by Crippen LogP contribution is 2.49. The normalized spacial score (nSPS) is 12.0. The average molecular weight is 331 g/mol. The van der Waals surface area contributed by atoms with Crippen molar-refractivity contribution in [3.05, 3.63) is 0 Å². The molecule has 0 rings (SSSR count). The number of carbonyl (C=O) groups is 1. The molecule has 0 saturated heterocycles. The Morgan fingerprint density at radius 3 is 2.26 bits per heavy atom. The average Bonchev–Trinajstić information content (AvgIpc) is 2.45. The number of thiocarbonyl (C=S) groups is 1. The van der Waals surface area contributed by atoms with Crippen LogP contribution in [-0.2, 0) is 22.1 Å². The molecule has 0 aliphatic carbocycles. The maximum Gasteiger partial charge on any atom is 0.316 e. The van der Waals surface area contributed by atoms with E-state index in [0.29, 0.717) is 16.6 Å². The van der Waals surface area contributed by atoms with E-state index >= 15 is 0 Å². The number of ether oxygens (including phenoxy) is 1. The molecule has 0 aliphatic rings. The van der Waals surface area contributed by atoms with Crippen LogP contribution in [0.5, 0.6) is 0 Å². The first-order valence-electron chi connectivity index (χ1n) is 5.48. The molecule has 6 nitrogen and oxygen atoms in total. The lowest BCUT2D eigenvalue weighted by atomic mass is 10.5. The predicted octanol–water partition coefficient (Wildman–Crippen LogP) is 1.65. The van der Waals surface area contributed by atoms with Gasteiger partial charge in [-0.25, -0.2) is 0 Å². The van der Waals surface area contributed by atoms with Gasteiger partial charge in [-0.1, -0.05) is 24.0 Å². The van der Waals surface area contributed by atoms with Crippen LogP contribution in [0.1, 0.15) is 6.42 Å². The van der Waals surface area contributed by atoms with Gasteiger partial charge in [0.2, 0.25) is 0 Å². The van der Waals surface area contributed by atoms with Crippen LogP contribution in [0, 0.1) is 0 Å². The number of hydrogen-bond acceptors (Lipinski definition) is 7. The van der Waals surface area contributed by atoms with Gasteiger partial charge in [0.15, 0.2) is 0 Å². The summed E-state index contributed by atoms with van der Waals surface area (Å²) >= 11 is 6.31. The number of esters is 1. The van der Waals surface area contributed by atoms with Gasteiger partial charge in [0.05, 0.1) is 45.1 Å². The Morgan fingerprint density at radius 2 is 1.79 bits per heavy atom. The lowest BCUT2D eigenvalue weighted by Crippen LogP contribution is -2.23. The Balaban J connectivity index is 3.79. The third-order valence-corrected chi connectivity index (χ3v) is 5.75. The quantitative estimate of drug-likeness (QED) is 0.389. The van der Waals surface area contributed by atoms with E-state index in [1.165, 1.54) is 18.9 Å². The fourth-order valence-electron chi connectivity index (χ4n) is 1.13. The van der Waals surface area contributed by atoms with Gasteiger partial charge >= 0.3 is 5.97 Å². The molecular weight excluding hydrogens is 310 g/mol. The number of thioether (sulfide) groups is 1. The number of hydrogen-bond donors (Lipinski definition) is 1. The minimum Gasteiger partial charge on any atom is -0.468 e. The summed E-state index contributed by atoms with van der Waals surface area (Å²) in [5.41, 5.74) is 0. The number of rotatable bonds is 9. The van der Waals surface area contributed by atoms with E-state index in [0.717, 1.165) is 6.42 Å². The van der Waals surface area contributed by atoms with Crippen molar-refractivity contribution in [1.82, 2.24) is 5.32 Å². The van der Waals surface area contributed by atoms with E-state index in [1.807, 2.05) is 0 Å². The highest BCUT2D eigenvalue weighted by Gasteiger charge is 2.21. The molecule has 0 aromatic rings.